The van der Waals surface area contributed by atoms with Crippen LogP contribution >= 0.6 is 11.8 Å². The van der Waals surface area contributed by atoms with Crippen molar-refractivity contribution in [2.45, 2.75) is 49.7 Å². The molecular weight excluding hydrogens is 244 g/mol. The molecule has 1 unspecified atom stereocenters. The summed E-state index contributed by atoms with van der Waals surface area (Å²) in [5.74, 6) is 1.52. The molecule has 18 heavy (non-hydrogen) atoms. The molecule has 100 valence electrons. The van der Waals surface area contributed by atoms with E-state index in [1.807, 2.05) is 24.3 Å². The molecule has 1 atom stereocenters. The van der Waals surface area contributed by atoms with Crippen LogP contribution in [0, 0.1) is 5.92 Å². The second-order valence-corrected chi connectivity index (χ2v) is 6.25. The number of benzene rings is 1. The first-order valence-corrected chi connectivity index (χ1v) is 7.77. The van der Waals surface area contributed by atoms with E-state index in [1.165, 1.54) is 25.7 Å². The van der Waals surface area contributed by atoms with Crippen LogP contribution in [0.15, 0.2) is 29.2 Å². The number of thioether (sulfide) groups is 1. The highest BCUT2D eigenvalue weighted by Gasteiger charge is 2.18. The maximum atomic E-state index is 10.0. The first kappa shape index (κ1) is 13.9. The third-order valence-electron chi connectivity index (χ3n) is 3.63. The van der Waals surface area contributed by atoms with E-state index in [2.05, 4.69) is 0 Å². The van der Waals surface area contributed by atoms with Crippen molar-refractivity contribution >= 4 is 11.8 Å². The van der Waals surface area contributed by atoms with Crippen LogP contribution in [0.25, 0.3) is 0 Å². The lowest BCUT2D eigenvalue weighted by Gasteiger charge is -2.14. The number of aliphatic hydroxyl groups is 2. The van der Waals surface area contributed by atoms with Crippen molar-refractivity contribution in [3.63, 3.8) is 0 Å². The van der Waals surface area contributed by atoms with E-state index in [9.17, 15) is 5.11 Å². The second kappa shape index (κ2) is 7.17. The lowest BCUT2D eigenvalue weighted by Crippen LogP contribution is -2.14. The average molecular weight is 266 g/mol. The molecule has 0 saturated heterocycles. The van der Waals surface area contributed by atoms with E-state index >= 15 is 0 Å². The van der Waals surface area contributed by atoms with Gasteiger partial charge in [0.2, 0.25) is 0 Å². The standard InChI is InChI=1S/C15H22O2S/c16-10-13-5-7-15(8-6-13)18-11-14(17)9-12-3-1-2-4-12/h5-8,12,14,16-17H,1-4,9-11H2. The van der Waals surface area contributed by atoms with E-state index < -0.39 is 0 Å². The van der Waals surface area contributed by atoms with Gasteiger partial charge in [0.05, 0.1) is 12.7 Å². The molecule has 2 N–H and O–H groups in total. The van der Waals surface area contributed by atoms with E-state index in [1.54, 1.807) is 11.8 Å². The Hall–Kier alpha value is -0.510. The molecule has 1 fully saturated rings. The number of hydrogen-bond donors (Lipinski definition) is 2. The Labute approximate surface area is 113 Å². The third kappa shape index (κ3) is 4.30. The molecule has 1 aromatic rings. The van der Waals surface area contributed by atoms with Crippen molar-refractivity contribution in [3.8, 4) is 0 Å². The first-order chi connectivity index (χ1) is 8.78. The molecule has 0 aliphatic heterocycles. The van der Waals surface area contributed by atoms with Gasteiger partial charge in [-0.15, -0.1) is 11.8 Å². The Morgan fingerprint density at radius 2 is 1.83 bits per heavy atom. The summed E-state index contributed by atoms with van der Waals surface area (Å²) < 4.78 is 0. The highest BCUT2D eigenvalue weighted by atomic mass is 32.2. The van der Waals surface area contributed by atoms with Gasteiger partial charge in [0.1, 0.15) is 0 Å². The Kier molecular flexibility index (Phi) is 5.54. The van der Waals surface area contributed by atoms with Crippen LogP contribution in [0.5, 0.6) is 0 Å². The van der Waals surface area contributed by atoms with Crippen LogP contribution in [0.3, 0.4) is 0 Å². The topological polar surface area (TPSA) is 40.5 Å². The van der Waals surface area contributed by atoms with E-state index in [4.69, 9.17) is 5.11 Å². The summed E-state index contributed by atoms with van der Waals surface area (Å²) in [6.07, 6.45) is 6.05. The highest BCUT2D eigenvalue weighted by Crippen LogP contribution is 2.30. The number of aliphatic hydroxyl groups excluding tert-OH is 2. The van der Waals surface area contributed by atoms with Crippen LogP contribution in [0.2, 0.25) is 0 Å². The minimum absolute atomic E-state index is 0.0925. The zero-order valence-corrected chi connectivity index (χ0v) is 11.5. The molecule has 2 nitrogen and oxygen atoms in total. The van der Waals surface area contributed by atoms with Crippen molar-refractivity contribution in [2.75, 3.05) is 5.75 Å². The maximum absolute atomic E-state index is 10.0. The molecule has 1 aromatic carbocycles. The zero-order chi connectivity index (χ0) is 12.8. The highest BCUT2D eigenvalue weighted by molar-refractivity contribution is 7.99. The predicted octanol–water partition coefficient (Wildman–Crippen LogP) is 3.21. The second-order valence-electron chi connectivity index (χ2n) is 5.15. The minimum Gasteiger partial charge on any atom is -0.392 e. The van der Waals surface area contributed by atoms with Gasteiger partial charge in [-0.2, -0.15) is 0 Å². The Morgan fingerprint density at radius 1 is 1.17 bits per heavy atom. The van der Waals surface area contributed by atoms with Gasteiger partial charge in [0.25, 0.3) is 0 Å². The van der Waals surface area contributed by atoms with Crippen LogP contribution < -0.4 is 0 Å². The Bertz CT molecular complexity index is 344. The Balaban J connectivity index is 1.72. The molecule has 0 aromatic heterocycles. The smallest absolute Gasteiger partial charge is 0.0681 e. The van der Waals surface area contributed by atoms with E-state index in [-0.39, 0.29) is 12.7 Å². The van der Waals surface area contributed by atoms with Crippen molar-refractivity contribution < 1.29 is 10.2 Å². The number of hydrogen-bond acceptors (Lipinski definition) is 3. The molecule has 0 spiro atoms. The fourth-order valence-electron chi connectivity index (χ4n) is 2.58. The van der Waals surface area contributed by atoms with Crippen LogP contribution in [0.4, 0.5) is 0 Å². The Morgan fingerprint density at radius 3 is 2.44 bits per heavy atom. The first-order valence-electron chi connectivity index (χ1n) is 6.78. The third-order valence-corrected chi connectivity index (χ3v) is 4.79. The van der Waals surface area contributed by atoms with Gasteiger partial charge in [0, 0.05) is 10.6 Å². The lowest BCUT2D eigenvalue weighted by molar-refractivity contribution is 0.166. The van der Waals surface area contributed by atoms with Gasteiger partial charge in [-0.1, -0.05) is 37.8 Å². The molecule has 3 heteroatoms. The summed E-state index contributed by atoms with van der Waals surface area (Å²) in [4.78, 5) is 1.16. The summed E-state index contributed by atoms with van der Waals surface area (Å²) in [6.45, 7) is 0.0925. The van der Waals surface area contributed by atoms with Gasteiger partial charge in [0.15, 0.2) is 0 Å². The van der Waals surface area contributed by atoms with Crippen molar-refractivity contribution in [1.82, 2.24) is 0 Å². The van der Waals surface area contributed by atoms with E-state index in [0.29, 0.717) is 0 Å². The monoisotopic (exact) mass is 266 g/mol. The van der Waals surface area contributed by atoms with Crippen LogP contribution in [-0.2, 0) is 6.61 Å². The quantitative estimate of drug-likeness (QED) is 0.777. The summed E-state index contributed by atoms with van der Waals surface area (Å²) >= 11 is 1.70. The van der Waals surface area contributed by atoms with Crippen molar-refractivity contribution in [1.29, 1.82) is 0 Å². The van der Waals surface area contributed by atoms with Gasteiger partial charge in [-0.25, -0.2) is 0 Å². The van der Waals surface area contributed by atoms with Crippen LogP contribution in [-0.4, -0.2) is 22.1 Å². The van der Waals surface area contributed by atoms with Crippen molar-refractivity contribution in [2.24, 2.45) is 5.92 Å². The molecule has 1 aliphatic carbocycles. The fraction of sp³-hybridized carbons (Fsp3) is 0.600. The van der Waals surface area contributed by atoms with E-state index in [0.717, 1.165) is 28.6 Å². The minimum atomic E-state index is -0.185. The predicted molar refractivity (Wildman–Crippen MR) is 75.7 cm³/mol. The molecular formula is C15H22O2S. The molecule has 2 rings (SSSR count). The molecule has 1 saturated carbocycles. The molecule has 0 heterocycles. The molecule has 0 bridgehead atoms. The van der Waals surface area contributed by atoms with Gasteiger partial charge in [-0.05, 0) is 30.0 Å². The SMILES string of the molecule is OCc1ccc(SCC(O)CC2CCCC2)cc1. The molecule has 0 radical (unpaired) electrons. The number of rotatable bonds is 6. The van der Waals surface area contributed by atoms with Crippen LogP contribution in [0.1, 0.15) is 37.7 Å². The average Bonchev–Trinajstić information content (AvgIpc) is 2.90. The van der Waals surface area contributed by atoms with Gasteiger partial charge < -0.3 is 10.2 Å². The maximum Gasteiger partial charge on any atom is 0.0681 e. The summed E-state index contributed by atoms with van der Waals surface area (Å²) in [7, 11) is 0. The molecule has 0 amide bonds. The summed E-state index contributed by atoms with van der Waals surface area (Å²) in [5, 5.41) is 19.0. The summed E-state index contributed by atoms with van der Waals surface area (Å²) in [5.41, 5.74) is 0.936. The normalized spacial score (nSPS) is 18.1. The van der Waals surface area contributed by atoms with Gasteiger partial charge >= 0.3 is 0 Å². The largest absolute Gasteiger partial charge is 0.392 e. The van der Waals surface area contributed by atoms with Crippen molar-refractivity contribution in [3.05, 3.63) is 29.8 Å². The fourth-order valence-corrected chi connectivity index (χ4v) is 3.43. The summed E-state index contributed by atoms with van der Waals surface area (Å²) in [6, 6.07) is 7.90. The zero-order valence-electron chi connectivity index (χ0n) is 10.7. The van der Waals surface area contributed by atoms with Gasteiger partial charge in [-0.3, -0.25) is 0 Å². The lowest BCUT2D eigenvalue weighted by atomic mass is 10.0. The molecule has 1 aliphatic rings.